The van der Waals surface area contributed by atoms with Gasteiger partial charge in [0.15, 0.2) is 5.72 Å². The summed E-state index contributed by atoms with van der Waals surface area (Å²) in [6, 6.07) is 13.4. The van der Waals surface area contributed by atoms with Gasteiger partial charge in [0.05, 0.1) is 18.8 Å². The first-order chi connectivity index (χ1) is 11.5. The third kappa shape index (κ3) is 2.12. The van der Waals surface area contributed by atoms with E-state index in [1.165, 1.54) is 0 Å². The first-order valence-corrected chi connectivity index (χ1v) is 8.05. The van der Waals surface area contributed by atoms with E-state index in [-0.39, 0.29) is 12.1 Å². The number of amides is 2. The van der Waals surface area contributed by atoms with Crippen molar-refractivity contribution in [3.8, 4) is 11.5 Å². The zero-order valence-corrected chi connectivity index (χ0v) is 14.0. The van der Waals surface area contributed by atoms with E-state index in [1.54, 1.807) is 12.0 Å². The lowest BCUT2D eigenvalue weighted by Crippen LogP contribution is -2.65. The third-order valence-electron chi connectivity index (χ3n) is 4.76. The lowest BCUT2D eigenvalue weighted by molar-refractivity contribution is 0.0375. The number of fused-ring (bicyclic) bond motifs is 4. The van der Waals surface area contributed by atoms with E-state index in [0.29, 0.717) is 12.2 Å². The van der Waals surface area contributed by atoms with Crippen molar-refractivity contribution < 1.29 is 14.3 Å². The largest absolute Gasteiger partial charge is 0.495 e. The van der Waals surface area contributed by atoms with Gasteiger partial charge in [-0.1, -0.05) is 24.3 Å². The fourth-order valence-electron chi connectivity index (χ4n) is 3.66. The molecular formula is C19H20N2O3. The number of methoxy groups -OCH3 is 1. The number of carbonyl (C=O) groups is 1. The van der Waals surface area contributed by atoms with Crippen molar-refractivity contribution in [1.29, 1.82) is 0 Å². The molecule has 0 aliphatic carbocycles. The quantitative estimate of drug-likeness (QED) is 0.915. The van der Waals surface area contributed by atoms with Gasteiger partial charge in [-0.3, -0.25) is 4.90 Å². The molecule has 2 bridgehead atoms. The molecule has 1 saturated heterocycles. The van der Waals surface area contributed by atoms with Gasteiger partial charge in [-0.2, -0.15) is 0 Å². The van der Waals surface area contributed by atoms with Gasteiger partial charge in [0.2, 0.25) is 0 Å². The van der Waals surface area contributed by atoms with Crippen molar-refractivity contribution in [2.45, 2.75) is 32.0 Å². The van der Waals surface area contributed by atoms with E-state index in [0.717, 1.165) is 22.6 Å². The van der Waals surface area contributed by atoms with E-state index >= 15 is 0 Å². The predicted molar refractivity (Wildman–Crippen MR) is 91.6 cm³/mol. The van der Waals surface area contributed by atoms with Crippen LogP contribution in [0.5, 0.6) is 11.5 Å². The monoisotopic (exact) mass is 324 g/mol. The highest BCUT2D eigenvalue weighted by molar-refractivity contribution is 5.96. The van der Waals surface area contributed by atoms with Crippen molar-refractivity contribution in [3.63, 3.8) is 0 Å². The highest BCUT2D eigenvalue weighted by Gasteiger charge is 2.50. The van der Waals surface area contributed by atoms with Crippen LogP contribution >= 0.6 is 0 Å². The Kier molecular flexibility index (Phi) is 3.20. The second kappa shape index (κ2) is 5.16. The summed E-state index contributed by atoms with van der Waals surface area (Å²) in [5, 5.41) is 3.10. The Morgan fingerprint density at radius 1 is 1.29 bits per heavy atom. The topological polar surface area (TPSA) is 50.8 Å². The zero-order chi connectivity index (χ0) is 16.9. The minimum atomic E-state index is -0.761. The maximum atomic E-state index is 12.9. The summed E-state index contributed by atoms with van der Waals surface area (Å²) in [6.45, 7) is 3.95. The number of ether oxygens (including phenoxy) is 2. The molecule has 2 aromatic carbocycles. The Morgan fingerprint density at radius 3 is 2.88 bits per heavy atom. The van der Waals surface area contributed by atoms with Crippen LogP contribution < -0.4 is 19.7 Å². The highest BCUT2D eigenvalue weighted by Crippen LogP contribution is 2.47. The summed E-state index contributed by atoms with van der Waals surface area (Å²) in [6.07, 6.45) is 0.673. The summed E-state index contributed by atoms with van der Waals surface area (Å²) in [5.41, 5.74) is 2.04. The second-order valence-electron chi connectivity index (χ2n) is 6.53. The summed E-state index contributed by atoms with van der Waals surface area (Å²) >= 11 is 0. The maximum Gasteiger partial charge on any atom is 0.325 e. The van der Waals surface area contributed by atoms with Gasteiger partial charge in [0.25, 0.3) is 0 Å². The smallest absolute Gasteiger partial charge is 0.325 e. The van der Waals surface area contributed by atoms with Crippen LogP contribution in [0, 0.1) is 6.92 Å². The predicted octanol–water partition coefficient (Wildman–Crippen LogP) is 3.77. The number of hydrogen-bond donors (Lipinski definition) is 1. The average Bonchev–Trinajstić information content (AvgIpc) is 2.54. The van der Waals surface area contributed by atoms with E-state index in [2.05, 4.69) is 5.32 Å². The van der Waals surface area contributed by atoms with Gasteiger partial charge < -0.3 is 14.8 Å². The maximum absolute atomic E-state index is 12.9. The number of aryl methyl sites for hydroxylation is 1. The van der Waals surface area contributed by atoms with E-state index in [9.17, 15) is 4.79 Å². The molecule has 0 aromatic heterocycles. The lowest BCUT2D eigenvalue weighted by Gasteiger charge is -2.50. The van der Waals surface area contributed by atoms with Crippen LogP contribution in [0.15, 0.2) is 42.5 Å². The normalized spacial score (nSPS) is 24.7. The Labute approximate surface area is 141 Å². The molecule has 2 aliphatic heterocycles. The van der Waals surface area contributed by atoms with Crippen LogP contribution in [-0.2, 0) is 0 Å². The molecule has 1 fully saturated rings. The van der Waals surface area contributed by atoms with Gasteiger partial charge in [-0.05, 0) is 37.6 Å². The fraction of sp³-hybridized carbons (Fsp3) is 0.316. The molecule has 124 valence electrons. The molecule has 4 rings (SSSR count). The number of rotatable bonds is 2. The number of nitrogens with one attached hydrogen (secondary N) is 1. The number of nitrogens with zero attached hydrogens (tertiary/aromatic N) is 1. The van der Waals surface area contributed by atoms with Crippen LogP contribution in [-0.4, -0.2) is 18.9 Å². The first kappa shape index (κ1) is 14.9. The molecule has 5 nitrogen and oxygen atoms in total. The van der Waals surface area contributed by atoms with Crippen molar-refractivity contribution >= 4 is 11.7 Å². The van der Waals surface area contributed by atoms with Crippen molar-refractivity contribution in [3.05, 3.63) is 53.6 Å². The second-order valence-corrected chi connectivity index (χ2v) is 6.53. The molecule has 2 atom stereocenters. The third-order valence-corrected chi connectivity index (χ3v) is 4.76. The van der Waals surface area contributed by atoms with E-state index in [4.69, 9.17) is 9.47 Å². The number of anilines is 1. The van der Waals surface area contributed by atoms with Crippen LogP contribution in [0.3, 0.4) is 0 Å². The van der Waals surface area contributed by atoms with Gasteiger partial charge in [-0.25, -0.2) is 4.79 Å². The van der Waals surface area contributed by atoms with Crippen molar-refractivity contribution in [2.75, 3.05) is 12.0 Å². The molecule has 2 unspecified atom stereocenters. The van der Waals surface area contributed by atoms with Gasteiger partial charge in [0.1, 0.15) is 11.5 Å². The molecular weight excluding hydrogens is 304 g/mol. The molecule has 0 radical (unpaired) electrons. The Balaban J connectivity index is 1.84. The molecule has 2 aliphatic rings. The minimum Gasteiger partial charge on any atom is -0.495 e. The number of hydrogen-bond acceptors (Lipinski definition) is 3. The number of carbonyl (C=O) groups excluding carboxylic acids is 1. The molecule has 24 heavy (non-hydrogen) atoms. The summed E-state index contributed by atoms with van der Waals surface area (Å²) in [5.74, 6) is 1.46. The standard InChI is InChI=1S/C19H20N2O3/c1-12-8-9-17(23-3)15(10-12)21-18(22)20-14-11-19(21,2)24-16-7-5-4-6-13(14)16/h4-10,14H,11H2,1-3H3,(H,20,22). The first-order valence-electron chi connectivity index (χ1n) is 8.05. The van der Waals surface area contributed by atoms with E-state index in [1.807, 2.05) is 56.3 Å². The van der Waals surface area contributed by atoms with Gasteiger partial charge in [0, 0.05) is 12.0 Å². The minimum absolute atomic E-state index is 0.0421. The summed E-state index contributed by atoms with van der Waals surface area (Å²) in [7, 11) is 1.61. The number of urea groups is 1. The van der Waals surface area contributed by atoms with Crippen LogP contribution in [0.1, 0.15) is 30.5 Å². The molecule has 0 saturated carbocycles. The van der Waals surface area contributed by atoms with Crippen molar-refractivity contribution in [2.24, 2.45) is 0 Å². The number of benzene rings is 2. The zero-order valence-electron chi connectivity index (χ0n) is 14.0. The summed E-state index contributed by atoms with van der Waals surface area (Å²) < 4.78 is 11.8. The highest BCUT2D eigenvalue weighted by atomic mass is 16.5. The van der Waals surface area contributed by atoms with Crippen LogP contribution in [0.25, 0.3) is 0 Å². The van der Waals surface area contributed by atoms with Crippen LogP contribution in [0.4, 0.5) is 10.5 Å². The van der Waals surface area contributed by atoms with Crippen molar-refractivity contribution in [1.82, 2.24) is 5.32 Å². The summed E-state index contributed by atoms with van der Waals surface area (Å²) in [4.78, 5) is 14.6. The molecule has 2 amide bonds. The lowest BCUT2D eigenvalue weighted by atomic mass is 9.90. The Bertz CT molecular complexity index is 820. The Hall–Kier alpha value is -2.69. The molecule has 2 heterocycles. The molecule has 1 N–H and O–H groups in total. The fourth-order valence-corrected chi connectivity index (χ4v) is 3.66. The SMILES string of the molecule is COc1ccc(C)cc1N1C(=O)NC2CC1(C)Oc1ccccc12. The van der Waals surface area contributed by atoms with E-state index < -0.39 is 5.72 Å². The van der Waals surface area contributed by atoms with Gasteiger partial charge in [-0.15, -0.1) is 0 Å². The molecule has 0 spiro atoms. The average molecular weight is 324 g/mol. The Morgan fingerprint density at radius 2 is 2.08 bits per heavy atom. The molecule has 2 aromatic rings. The molecule has 5 heteroatoms. The van der Waals surface area contributed by atoms with Crippen LogP contribution in [0.2, 0.25) is 0 Å². The van der Waals surface area contributed by atoms with Gasteiger partial charge >= 0.3 is 6.03 Å². The number of para-hydroxylation sites is 1.